The molecule has 1 atom stereocenters. The van der Waals surface area contributed by atoms with Crippen molar-refractivity contribution in [3.63, 3.8) is 0 Å². The molecule has 1 fully saturated rings. The molecular weight excluding hydrogens is 224 g/mol. The van der Waals surface area contributed by atoms with Crippen LogP contribution in [-0.4, -0.2) is 30.6 Å². The minimum absolute atomic E-state index is 0.148. The second-order valence-electron chi connectivity index (χ2n) is 5.69. The first kappa shape index (κ1) is 15.3. The van der Waals surface area contributed by atoms with Gasteiger partial charge in [-0.15, -0.1) is 0 Å². The molecule has 18 heavy (non-hydrogen) atoms. The zero-order chi connectivity index (χ0) is 13.2. The topological polar surface area (TPSA) is 32.3 Å². The summed E-state index contributed by atoms with van der Waals surface area (Å²) in [5, 5.41) is 3.05. The van der Waals surface area contributed by atoms with E-state index in [1.54, 1.807) is 0 Å². The molecule has 0 saturated carbocycles. The molecule has 1 unspecified atom stereocenters. The number of amides is 2. The molecule has 3 nitrogen and oxygen atoms in total. The van der Waals surface area contributed by atoms with Crippen LogP contribution in [0.15, 0.2) is 0 Å². The van der Waals surface area contributed by atoms with E-state index in [4.69, 9.17) is 0 Å². The van der Waals surface area contributed by atoms with Crippen molar-refractivity contribution in [1.29, 1.82) is 0 Å². The van der Waals surface area contributed by atoms with E-state index in [2.05, 4.69) is 19.2 Å². The number of hydrogen-bond acceptors (Lipinski definition) is 1. The van der Waals surface area contributed by atoms with E-state index in [9.17, 15) is 4.79 Å². The molecule has 0 aromatic heterocycles. The van der Waals surface area contributed by atoms with Crippen LogP contribution in [0.3, 0.4) is 0 Å². The molecule has 0 aromatic rings. The van der Waals surface area contributed by atoms with Crippen molar-refractivity contribution in [3.8, 4) is 0 Å². The average molecular weight is 254 g/mol. The molecule has 1 aliphatic rings. The van der Waals surface area contributed by atoms with Gasteiger partial charge in [-0.1, -0.05) is 46.0 Å². The lowest BCUT2D eigenvalue weighted by Gasteiger charge is -2.30. The van der Waals surface area contributed by atoms with Gasteiger partial charge in [0.25, 0.3) is 0 Å². The van der Waals surface area contributed by atoms with Crippen LogP contribution in [0.1, 0.15) is 65.2 Å². The Labute approximate surface area is 112 Å². The fourth-order valence-corrected chi connectivity index (χ4v) is 2.59. The Balaban J connectivity index is 1.99. The van der Waals surface area contributed by atoms with E-state index in [1.807, 2.05) is 4.90 Å². The maximum absolute atomic E-state index is 11.9. The van der Waals surface area contributed by atoms with Gasteiger partial charge in [0.2, 0.25) is 0 Å². The summed E-state index contributed by atoms with van der Waals surface area (Å²) in [7, 11) is 0. The number of nitrogens with zero attached hydrogens (tertiary/aromatic N) is 1. The molecule has 1 saturated heterocycles. The average Bonchev–Trinajstić information content (AvgIpc) is 2.37. The van der Waals surface area contributed by atoms with Crippen molar-refractivity contribution in [3.05, 3.63) is 0 Å². The highest BCUT2D eigenvalue weighted by Crippen LogP contribution is 2.15. The van der Waals surface area contributed by atoms with Gasteiger partial charge in [-0.2, -0.15) is 0 Å². The van der Waals surface area contributed by atoms with Crippen molar-refractivity contribution in [2.24, 2.45) is 5.92 Å². The van der Waals surface area contributed by atoms with Gasteiger partial charge in [0.1, 0.15) is 0 Å². The van der Waals surface area contributed by atoms with E-state index in [0.717, 1.165) is 32.5 Å². The highest BCUT2D eigenvalue weighted by molar-refractivity contribution is 5.74. The van der Waals surface area contributed by atoms with E-state index >= 15 is 0 Å². The number of carbonyl (C=O) groups excluding carboxylic acids is 1. The molecule has 3 heteroatoms. The number of urea groups is 1. The largest absolute Gasteiger partial charge is 0.338 e. The predicted molar refractivity (Wildman–Crippen MR) is 76.7 cm³/mol. The standard InChI is InChI=1S/C15H30N2O/c1-3-4-5-6-7-8-11-16-15(18)17-12-9-10-14(2)13-17/h14H,3-13H2,1-2H3,(H,16,18). The van der Waals surface area contributed by atoms with Crippen LogP contribution in [-0.2, 0) is 0 Å². The molecule has 0 spiro atoms. The number of hydrogen-bond donors (Lipinski definition) is 1. The van der Waals surface area contributed by atoms with E-state index < -0.39 is 0 Å². The number of unbranched alkanes of at least 4 members (excludes halogenated alkanes) is 5. The van der Waals surface area contributed by atoms with Crippen molar-refractivity contribution >= 4 is 6.03 Å². The van der Waals surface area contributed by atoms with Crippen molar-refractivity contribution in [2.75, 3.05) is 19.6 Å². The second-order valence-corrected chi connectivity index (χ2v) is 5.69. The summed E-state index contributed by atoms with van der Waals surface area (Å²) in [6, 6.07) is 0.148. The minimum atomic E-state index is 0.148. The van der Waals surface area contributed by atoms with Gasteiger partial charge in [0.05, 0.1) is 0 Å². The molecule has 106 valence electrons. The summed E-state index contributed by atoms with van der Waals surface area (Å²) in [4.78, 5) is 13.9. The predicted octanol–water partition coefficient (Wildman–Crippen LogP) is 3.79. The fraction of sp³-hybridized carbons (Fsp3) is 0.933. The third-order valence-corrected chi connectivity index (χ3v) is 3.75. The zero-order valence-electron chi connectivity index (χ0n) is 12.2. The fourth-order valence-electron chi connectivity index (χ4n) is 2.59. The number of nitrogens with one attached hydrogen (secondary N) is 1. The maximum atomic E-state index is 11.9. The normalized spacial score (nSPS) is 19.9. The Morgan fingerprint density at radius 1 is 1.22 bits per heavy atom. The highest BCUT2D eigenvalue weighted by Gasteiger charge is 2.20. The first-order valence-electron chi connectivity index (χ1n) is 7.76. The van der Waals surface area contributed by atoms with Gasteiger partial charge in [-0.05, 0) is 25.2 Å². The maximum Gasteiger partial charge on any atom is 0.317 e. The summed E-state index contributed by atoms with van der Waals surface area (Å²) in [6.45, 7) is 7.18. The Morgan fingerprint density at radius 2 is 1.94 bits per heavy atom. The molecule has 1 N–H and O–H groups in total. The summed E-state index contributed by atoms with van der Waals surface area (Å²) >= 11 is 0. The summed E-state index contributed by atoms with van der Waals surface area (Å²) < 4.78 is 0. The number of rotatable bonds is 7. The van der Waals surface area contributed by atoms with Crippen LogP contribution in [0.4, 0.5) is 4.79 Å². The Hall–Kier alpha value is -0.730. The van der Waals surface area contributed by atoms with Crippen LogP contribution >= 0.6 is 0 Å². The van der Waals surface area contributed by atoms with E-state index in [0.29, 0.717) is 5.92 Å². The lowest BCUT2D eigenvalue weighted by atomic mass is 10.0. The minimum Gasteiger partial charge on any atom is -0.338 e. The van der Waals surface area contributed by atoms with Crippen LogP contribution in [0.25, 0.3) is 0 Å². The summed E-state index contributed by atoms with van der Waals surface area (Å²) in [6.07, 6.45) is 10.1. The summed E-state index contributed by atoms with van der Waals surface area (Å²) in [5.74, 6) is 0.665. The molecule has 0 aliphatic carbocycles. The Kier molecular flexibility index (Phi) is 7.86. The van der Waals surface area contributed by atoms with Crippen LogP contribution in [0.2, 0.25) is 0 Å². The lowest BCUT2D eigenvalue weighted by molar-refractivity contribution is 0.169. The number of carbonyl (C=O) groups is 1. The summed E-state index contributed by atoms with van der Waals surface area (Å²) in [5.41, 5.74) is 0. The van der Waals surface area contributed by atoms with Gasteiger partial charge in [-0.25, -0.2) is 4.79 Å². The monoisotopic (exact) mass is 254 g/mol. The van der Waals surface area contributed by atoms with E-state index in [1.165, 1.54) is 38.5 Å². The van der Waals surface area contributed by atoms with E-state index in [-0.39, 0.29) is 6.03 Å². The molecule has 0 radical (unpaired) electrons. The van der Waals surface area contributed by atoms with Crippen molar-refractivity contribution in [2.45, 2.75) is 65.2 Å². The molecule has 1 rings (SSSR count). The van der Waals surface area contributed by atoms with Crippen molar-refractivity contribution in [1.82, 2.24) is 10.2 Å². The molecule has 1 aliphatic heterocycles. The Bertz CT molecular complexity index is 231. The third-order valence-electron chi connectivity index (χ3n) is 3.75. The molecule has 0 bridgehead atoms. The third kappa shape index (κ3) is 6.27. The SMILES string of the molecule is CCCCCCCCNC(=O)N1CCCC(C)C1. The zero-order valence-corrected chi connectivity index (χ0v) is 12.2. The van der Waals surface area contributed by atoms with Crippen LogP contribution in [0.5, 0.6) is 0 Å². The molecule has 2 amide bonds. The van der Waals surface area contributed by atoms with Gasteiger partial charge < -0.3 is 10.2 Å². The van der Waals surface area contributed by atoms with Gasteiger partial charge in [0.15, 0.2) is 0 Å². The Morgan fingerprint density at radius 3 is 2.67 bits per heavy atom. The second kappa shape index (κ2) is 9.23. The van der Waals surface area contributed by atoms with Crippen LogP contribution in [0, 0.1) is 5.92 Å². The highest BCUT2D eigenvalue weighted by atomic mass is 16.2. The molecular formula is C15H30N2O. The smallest absolute Gasteiger partial charge is 0.317 e. The quantitative estimate of drug-likeness (QED) is 0.689. The number of piperidine rings is 1. The van der Waals surface area contributed by atoms with Crippen molar-refractivity contribution < 1.29 is 4.79 Å². The van der Waals surface area contributed by atoms with Crippen LogP contribution < -0.4 is 5.32 Å². The lowest BCUT2D eigenvalue weighted by Crippen LogP contribution is -2.45. The first-order valence-corrected chi connectivity index (χ1v) is 7.76. The van der Waals surface area contributed by atoms with Gasteiger partial charge in [-0.3, -0.25) is 0 Å². The number of likely N-dealkylation sites (tertiary alicyclic amines) is 1. The van der Waals surface area contributed by atoms with Gasteiger partial charge >= 0.3 is 6.03 Å². The molecule has 0 aromatic carbocycles. The molecule has 1 heterocycles. The van der Waals surface area contributed by atoms with Gasteiger partial charge in [0, 0.05) is 19.6 Å². The first-order chi connectivity index (χ1) is 8.74.